The topological polar surface area (TPSA) is 33.5 Å². The lowest BCUT2D eigenvalue weighted by molar-refractivity contribution is 0.0784. The highest BCUT2D eigenvalue weighted by Gasteiger charge is 2.17. The number of carbonyl (C=O) groups is 1. The lowest BCUT2D eigenvalue weighted by Crippen LogP contribution is -2.25. The molecule has 0 spiro atoms. The van der Waals surface area contributed by atoms with Crippen molar-refractivity contribution in [2.75, 3.05) is 7.05 Å². The molecule has 0 aliphatic heterocycles. The average molecular weight is 335 g/mol. The molecule has 1 amide bonds. The Kier molecular flexibility index (Phi) is 3.91. The first kappa shape index (κ1) is 12.7. The van der Waals surface area contributed by atoms with Crippen molar-refractivity contribution in [2.45, 2.75) is 6.54 Å². The summed E-state index contributed by atoms with van der Waals surface area (Å²) in [5, 5.41) is 0. The Morgan fingerprint density at radius 3 is 2.82 bits per heavy atom. The van der Waals surface area contributed by atoms with Crippen molar-refractivity contribution in [3.05, 3.63) is 43.9 Å². The minimum Gasteiger partial charge on any atom is -0.457 e. The van der Waals surface area contributed by atoms with E-state index >= 15 is 0 Å². The van der Waals surface area contributed by atoms with Crippen LogP contribution >= 0.6 is 38.9 Å². The van der Waals surface area contributed by atoms with E-state index in [9.17, 15) is 4.79 Å². The molecule has 2 aromatic rings. The van der Waals surface area contributed by atoms with Gasteiger partial charge in [0.15, 0.2) is 4.67 Å². The zero-order valence-corrected chi connectivity index (χ0v) is 12.1. The van der Waals surface area contributed by atoms with Crippen molar-refractivity contribution in [1.82, 2.24) is 4.90 Å². The van der Waals surface area contributed by atoms with Crippen LogP contribution in [-0.2, 0) is 6.54 Å². The van der Waals surface area contributed by atoms with Gasteiger partial charge in [-0.15, -0.1) is 11.3 Å². The van der Waals surface area contributed by atoms with E-state index < -0.39 is 0 Å². The zero-order chi connectivity index (χ0) is 12.4. The third-order valence-corrected chi connectivity index (χ3v) is 4.05. The van der Waals surface area contributed by atoms with E-state index in [1.54, 1.807) is 18.0 Å². The number of rotatable bonds is 3. The fraction of sp³-hybridized carbons (Fsp3) is 0.182. The number of hydrogen-bond acceptors (Lipinski definition) is 3. The van der Waals surface area contributed by atoms with E-state index in [1.165, 1.54) is 17.6 Å². The highest BCUT2D eigenvalue weighted by Crippen LogP contribution is 2.24. The quantitative estimate of drug-likeness (QED) is 0.849. The van der Waals surface area contributed by atoms with Gasteiger partial charge >= 0.3 is 0 Å². The Morgan fingerprint density at radius 2 is 2.29 bits per heavy atom. The summed E-state index contributed by atoms with van der Waals surface area (Å²) in [4.78, 5) is 14.7. The van der Waals surface area contributed by atoms with Crippen LogP contribution in [0.2, 0.25) is 4.34 Å². The predicted octanol–water partition coefficient (Wildman–Crippen LogP) is 4.03. The highest BCUT2D eigenvalue weighted by atomic mass is 79.9. The van der Waals surface area contributed by atoms with Crippen LogP contribution in [0.3, 0.4) is 0 Å². The number of carbonyl (C=O) groups excluding carboxylic acids is 1. The van der Waals surface area contributed by atoms with Gasteiger partial charge in [0.25, 0.3) is 5.91 Å². The van der Waals surface area contributed by atoms with Crippen LogP contribution in [0.5, 0.6) is 0 Å². The molecule has 0 aromatic carbocycles. The highest BCUT2D eigenvalue weighted by molar-refractivity contribution is 9.10. The lowest BCUT2D eigenvalue weighted by Gasteiger charge is -2.15. The van der Waals surface area contributed by atoms with Gasteiger partial charge in [-0.25, -0.2) is 0 Å². The molecule has 17 heavy (non-hydrogen) atoms. The van der Waals surface area contributed by atoms with Crippen molar-refractivity contribution in [2.24, 2.45) is 0 Å². The fourth-order valence-corrected chi connectivity index (χ4v) is 2.94. The Balaban J connectivity index is 2.08. The van der Waals surface area contributed by atoms with Crippen LogP contribution < -0.4 is 0 Å². The van der Waals surface area contributed by atoms with Gasteiger partial charge in [0.1, 0.15) is 0 Å². The second-order valence-electron chi connectivity index (χ2n) is 3.48. The smallest absolute Gasteiger partial charge is 0.258 e. The lowest BCUT2D eigenvalue weighted by atomic mass is 10.3. The molecule has 0 unspecified atom stereocenters. The van der Waals surface area contributed by atoms with E-state index in [2.05, 4.69) is 15.9 Å². The fourth-order valence-electron chi connectivity index (χ4n) is 1.39. The van der Waals surface area contributed by atoms with Crippen LogP contribution in [0.25, 0.3) is 0 Å². The van der Waals surface area contributed by atoms with Gasteiger partial charge in [-0.2, -0.15) is 0 Å². The third kappa shape index (κ3) is 2.91. The second kappa shape index (κ2) is 5.25. The first-order valence-electron chi connectivity index (χ1n) is 4.80. The molecule has 0 atom stereocenters. The summed E-state index contributed by atoms with van der Waals surface area (Å²) >= 11 is 10.5. The molecule has 3 nitrogen and oxygen atoms in total. The van der Waals surface area contributed by atoms with Crippen LogP contribution in [0.4, 0.5) is 0 Å². The Morgan fingerprint density at radius 1 is 1.53 bits per heavy atom. The molecule has 0 saturated heterocycles. The van der Waals surface area contributed by atoms with Crippen LogP contribution in [0.1, 0.15) is 15.2 Å². The molecule has 0 aliphatic rings. The molecule has 90 valence electrons. The molecule has 2 rings (SSSR count). The summed E-state index contributed by atoms with van der Waals surface area (Å²) < 4.78 is 6.22. The van der Waals surface area contributed by atoms with Gasteiger partial charge in [-0.3, -0.25) is 4.79 Å². The van der Waals surface area contributed by atoms with Crippen molar-refractivity contribution in [3.63, 3.8) is 0 Å². The van der Waals surface area contributed by atoms with E-state index in [1.807, 2.05) is 12.1 Å². The minimum absolute atomic E-state index is 0.0878. The third-order valence-electron chi connectivity index (χ3n) is 2.22. The van der Waals surface area contributed by atoms with Crippen molar-refractivity contribution in [3.8, 4) is 0 Å². The summed E-state index contributed by atoms with van der Waals surface area (Å²) in [7, 11) is 1.75. The molecule has 0 fully saturated rings. The van der Waals surface area contributed by atoms with E-state index in [-0.39, 0.29) is 5.91 Å². The molecule has 0 aliphatic carbocycles. The summed E-state index contributed by atoms with van der Waals surface area (Å²) in [5.74, 6) is -0.0878. The van der Waals surface area contributed by atoms with Gasteiger partial charge in [0.2, 0.25) is 0 Å². The molecule has 2 aromatic heterocycles. The molecule has 6 heteroatoms. The number of amides is 1. The molecular formula is C11H9BrClNO2S. The molecule has 0 radical (unpaired) electrons. The Bertz CT molecular complexity index is 537. The first-order valence-corrected chi connectivity index (χ1v) is 6.79. The van der Waals surface area contributed by atoms with Crippen LogP contribution in [0.15, 0.2) is 33.5 Å². The molecular weight excluding hydrogens is 326 g/mol. The molecule has 0 saturated carbocycles. The van der Waals surface area contributed by atoms with Gasteiger partial charge < -0.3 is 9.32 Å². The molecule has 0 bridgehead atoms. The van der Waals surface area contributed by atoms with Crippen LogP contribution in [0, 0.1) is 0 Å². The van der Waals surface area contributed by atoms with Crippen LogP contribution in [-0.4, -0.2) is 17.9 Å². The average Bonchev–Trinajstić information content (AvgIpc) is 2.86. The minimum atomic E-state index is -0.0878. The van der Waals surface area contributed by atoms with E-state index in [0.29, 0.717) is 16.8 Å². The van der Waals surface area contributed by atoms with Crippen molar-refractivity contribution >= 4 is 44.8 Å². The van der Waals surface area contributed by atoms with Gasteiger partial charge in [0, 0.05) is 11.9 Å². The van der Waals surface area contributed by atoms with E-state index in [4.69, 9.17) is 16.0 Å². The number of nitrogens with zero attached hydrogens (tertiary/aromatic N) is 1. The Hall–Kier alpha value is -0.780. The largest absolute Gasteiger partial charge is 0.457 e. The first-order chi connectivity index (χ1) is 8.08. The van der Waals surface area contributed by atoms with Gasteiger partial charge in [-0.05, 0) is 34.1 Å². The number of thiophene rings is 1. The number of halogens is 2. The van der Waals surface area contributed by atoms with E-state index in [0.717, 1.165) is 9.21 Å². The summed E-state index contributed by atoms with van der Waals surface area (Å²) in [6, 6.07) is 5.39. The Labute approximate surface area is 116 Å². The van der Waals surface area contributed by atoms with Crippen molar-refractivity contribution in [1.29, 1.82) is 0 Å². The summed E-state index contributed by atoms with van der Waals surface area (Å²) in [6.45, 7) is 0.536. The predicted molar refractivity (Wildman–Crippen MR) is 71.5 cm³/mol. The number of hydrogen-bond donors (Lipinski definition) is 0. The van der Waals surface area contributed by atoms with Gasteiger partial charge in [0.05, 0.1) is 22.7 Å². The second-order valence-corrected chi connectivity index (χ2v) is 5.99. The maximum absolute atomic E-state index is 12.0. The maximum atomic E-state index is 12.0. The molecule has 0 N–H and O–H groups in total. The normalized spacial score (nSPS) is 10.5. The zero-order valence-electron chi connectivity index (χ0n) is 8.94. The van der Waals surface area contributed by atoms with Gasteiger partial charge in [-0.1, -0.05) is 11.6 Å². The molecule has 2 heterocycles. The standard InChI is InChI=1S/C11H9BrClNO2S/c1-14(6-7-2-3-9(13)17-7)11(15)8-4-5-16-10(8)12/h2-5H,6H2,1H3. The number of furan rings is 1. The maximum Gasteiger partial charge on any atom is 0.258 e. The monoisotopic (exact) mass is 333 g/mol. The summed E-state index contributed by atoms with van der Waals surface area (Å²) in [6.07, 6.45) is 1.48. The summed E-state index contributed by atoms with van der Waals surface area (Å²) in [5.41, 5.74) is 0.523. The van der Waals surface area contributed by atoms with Crippen molar-refractivity contribution < 1.29 is 9.21 Å². The SMILES string of the molecule is CN(Cc1ccc(Cl)s1)C(=O)c1ccoc1Br.